The Morgan fingerprint density at radius 2 is 1.49 bits per heavy atom. The summed E-state index contributed by atoms with van der Waals surface area (Å²) >= 11 is 0. The predicted octanol–water partition coefficient (Wildman–Crippen LogP) is -4.89. The molecule has 14 heteroatoms. The van der Waals surface area contributed by atoms with Crippen LogP contribution in [-0.2, 0) is 23.7 Å². The molecule has 1 saturated carbocycles. The van der Waals surface area contributed by atoms with Crippen LogP contribution in [0.25, 0.3) is 0 Å². The Bertz CT molecular complexity index is 698. The summed E-state index contributed by atoms with van der Waals surface area (Å²) in [6, 6.07) is -2.88. The average Bonchev–Trinajstić information content (AvgIpc) is 2.79. The predicted molar refractivity (Wildman–Crippen MR) is 120 cm³/mol. The Kier molecular flexibility index (Phi) is 8.67. The first-order valence-corrected chi connectivity index (χ1v) is 12.2. The Morgan fingerprint density at radius 3 is 2.14 bits per heavy atom. The van der Waals surface area contributed by atoms with Gasteiger partial charge in [-0.3, -0.25) is 0 Å². The van der Waals surface area contributed by atoms with Crippen LogP contribution in [0.1, 0.15) is 26.2 Å². The van der Waals surface area contributed by atoms with Gasteiger partial charge in [-0.25, -0.2) is 0 Å². The first-order chi connectivity index (χ1) is 16.5. The lowest BCUT2D eigenvalue weighted by atomic mass is 9.86. The number of likely N-dealkylation sites (N-methyl/N-ethyl adjacent to an activating group) is 1. The molecule has 13 N–H and O–H groups in total. The minimum atomic E-state index is -1.40. The number of hydrogen-bond acceptors (Lipinski definition) is 14. The first kappa shape index (κ1) is 27.5. The molecule has 3 saturated heterocycles. The number of ether oxygens (including phenoxy) is 5. The van der Waals surface area contributed by atoms with E-state index in [1.165, 1.54) is 0 Å². The second kappa shape index (κ2) is 11.0. The van der Waals surface area contributed by atoms with Crippen molar-refractivity contribution < 1.29 is 44.1 Å². The quantitative estimate of drug-likeness (QED) is 0.169. The van der Waals surface area contributed by atoms with Crippen molar-refractivity contribution >= 4 is 0 Å². The van der Waals surface area contributed by atoms with Gasteiger partial charge in [-0.2, -0.15) is 0 Å². The minimum absolute atomic E-state index is 0.210. The Balaban J connectivity index is 1.42. The Hall–Kier alpha value is -0.560. The smallest absolute Gasteiger partial charge is 0.189 e. The SMILES string of the molecule is CNC1C(O[C@H]2OC(C)[C@@H](N)C(O)C2O)O[C@H]2C[C@H](N)[C@@H](O[C@@H]3C(N)C[C@@H](N)C[C@H]3O)OC2C1O. The molecular weight excluding hydrogens is 466 g/mol. The van der Waals surface area contributed by atoms with Crippen LogP contribution in [0.2, 0.25) is 0 Å². The van der Waals surface area contributed by atoms with E-state index < -0.39 is 91.9 Å². The van der Waals surface area contributed by atoms with Gasteiger partial charge in [-0.1, -0.05) is 0 Å². The maximum Gasteiger partial charge on any atom is 0.189 e. The number of fused-ring (bicyclic) bond motifs is 1. The summed E-state index contributed by atoms with van der Waals surface area (Å²) in [5, 5.41) is 45.1. The van der Waals surface area contributed by atoms with Crippen LogP contribution in [0.3, 0.4) is 0 Å². The van der Waals surface area contributed by atoms with Gasteiger partial charge in [0.2, 0.25) is 0 Å². The van der Waals surface area contributed by atoms with E-state index in [0.29, 0.717) is 12.8 Å². The van der Waals surface area contributed by atoms with Gasteiger partial charge in [-0.15, -0.1) is 0 Å². The molecule has 3 aliphatic heterocycles. The summed E-state index contributed by atoms with van der Waals surface area (Å²) in [5.41, 5.74) is 24.2. The van der Waals surface area contributed by atoms with E-state index in [-0.39, 0.29) is 12.5 Å². The molecule has 16 atom stereocenters. The van der Waals surface area contributed by atoms with E-state index in [1.807, 2.05) is 0 Å². The molecule has 4 fully saturated rings. The van der Waals surface area contributed by atoms with Crippen LogP contribution in [0, 0.1) is 0 Å². The second-order valence-corrected chi connectivity index (χ2v) is 10.2. The van der Waals surface area contributed by atoms with Gasteiger partial charge >= 0.3 is 0 Å². The molecular formula is C21H41N5O9. The van der Waals surface area contributed by atoms with Gasteiger partial charge in [0.25, 0.3) is 0 Å². The lowest BCUT2D eigenvalue weighted by Gasteiger charge is -2.51. The largest absolute Gasteiger partial charge is 0.390 e. The van der Waals surface area contributed by atoms with Crippen molar-refractivity contribution in [2.45, 2.75) is 124 Å². The van der Waals surface area contributed by atoms with Crippen molar-refractivity contribution in [1.29, 1.82) is 0 Å². The Morgan fingerprint density at radius 1 is 0.771 bits per heavy atom. The zero-order chi connectivity index (χ0) is 25.6. The van der Waals surface area contributed by atoms with E-state index in [1.54, 1.807) is 14.0 Å². The molecule has 3 heterocycles. The first-order valence-electron chi connectivity index (χ1n) is 12.2. The lowest BCUT2D eigenvalue weighted by Crippen LogP contribution is -2.69. The number of aliphatic hydroxyl groups is 4. The monoisotopic (exact) mass is 507 g/mol. The third-order valence-electron chi connectivity index (χ3n) is 7.55. The highest BCUT2D eigenvalue weighted by Gasteiger charge is 2.53. The number of hydrogen-bond donors (Lipinski definition) is 9. The van der Waals surface area contributed by atoms with E-state index in [0.717, 1.165) is 0 Å². The molecule has 0 bridgehead atoms. The third-order valence-corrected chi connectivity index (χ3v) is 7.55. The molecule has 0 radical (unpaired) electrons. The van der Waals surface area contributed by atoms with Gasteiger partial charge in [-0.05, 0) is 33.2 Å². The molecule has 0 aromatic rings. The maximum absolute atomic E-state index is 11.1. The number of rotatable bonds is 5. The molecule has 0 amide bonds. The van der Waals surface area contributed by atoms with Gasteiger partial charge in [0.1, 0.15) is 30.5 Å². The van der Waals surface area contributed by atoms with Crippen molar-refractivity contribution in [3.63, 3.8) is 0 Å². The molecule has 204 valence electrons. The van der Waals surface area contributed by atoms with Crippen LogP contribution in [0.4, 0.5) is 0 Å². The van der Waals surface area contributed by atoms with Crippen molar-refractivity contribution in [1.82, 2.24) is 5.32 Å². The number of nitrogens with two attached hydrogens (primary N) is 4. The molecule has 35 heavy (non-hydrogen) atoms. The molecule has 0 aromatic heterocycles. The molecule has 0 spiro atoms. The molecule has 1 aliphatic carbocycles. The highest BCUT2D eigenvalue weighted by Crippen LogP contribution is 2.35. The zero-order valence-electron chi connectivity index (χ0n) is 20.0. The van der Waals surface area contributed by atoms with Crippen molar-refractivity contribution in [3.05, 3.63) is 0 Å². The average molecular weight is 508 g/mol. The fourth-order valence-corrected chi connectivity index (χ4v) is 5.42. The van der Waals surface area contributed by atoms with E-state index in [2.05, 4.69) is 5.32 Å². The molecule has 14 nitrogen and oxygen atoms in total. The van der Waals surface area contributed by atoms with Crippen LogP contribution in [-0.4, -0.2) is 125 Å². The summed E-state index contributed by atoms with van der Waals surface area (Å²) in [5.74, 6) is 0. The van der Waals surface area contributed by atoms with Gasteiger partial charge in [0.05, 0.1) is 36.4 Å². The topological polar surface area (TPSA) is 243 Å². The summed E-state index contributed by atoms with van der Waals surface area (Å²) in [6.45, 7) is 1.66. The lowest BCUT2D eigenvalue weighted by molar-refractivity contribution is -0.370. The van der Waals surface area contributed by atoms with Crippen LogP contribution in [0.15, 0.2) is 0 Å². The van der Waals surface area contributed by atoms with Gasteiger partial charge < -0.3 is 72.4 Å². The highest BCUT2D eigenvalue weighted by molar-refractivity contribution is 5.00. The fourth-order valence-electron chi connectivity index (χ4n) is 5.42. The summed E-state index contributed by atoms with van der Waals surface area (Å²) in [6.07, 6.45) is -9.45. The third kappa shape index (κ3) is 5.51. The fraction of sp³-hybridized carbons (Fsp3) is 1.00. The molecule has 4 aliphatic rings. The second-order valence-electron chi connectivity index (χ2n) is 10.2. The van der Waals surface area contributed by atoms with Crippen LogP contribution >= 0.6 is 0 Å². The molecule has 4 rings (SSSR count). The molecule has 0 aromatic carbocycles. The zero-order valence-corrected chi connectivity index (χ0v) is 20.0. The van der Waals surface area contributed by atoms with Crippen molar-refractivity contribution in [2.75, 3.05) is 7.05 Å². The highest BCUT2D eigenvalue weighted by atomic mass is 16.8. The van der Waals surface area contributed by atoms with Gasteiger partial charge in [0, 0.05) is 12.1 Å². The minimum Gasteiger partial charge on any atom is -0.390 e. The van der Waals surface area contributed by atoms with E-state index >= 15 is 0 Å². The molecule has 8 unspecified atom stereocenters. The van der Waals surface area contributed by atoms with Crippen LogP contribution < -0.4 is 28.3 Å². The van der Waals surface area contributed by atoms with E-state index in [4.69, 9.17) is 46.6 Å². The Labute approximate surface area is 204 Å². The maximum atomic E-state index is 11.1. The number of nitrogens with one attached hydrogen (secondary N) is 1. The normalized spacial score (nSPS) is 55.4. The summed E-state index contributed by atoms with van der Waals surface area (Å²) in [7, 11) is 1.61. The van der Waals surface area contributed by atoms with Crippen LogP contribution in [0.5, 0.6) is 0 Å². The number of aliphatic hydroxyl groups excluding tert-OH is 4. The summed E-state index contributed by atoms with van der Waals surface area (Å²) in [4.78, 5) is 0. The van der Waals surface area contributed by atoms with Crippen molar-refractivity contribution in [2.24, 2.45) is 22.9 Å². The van der Waals surface area contributed by atoms with Crippen molar-refractivity contribution in [3.8, 4) is 0 Å². The summed E-state index contributed by atoms with van der Waals surface area (Å²) < 4.78 is 29.6. The standard InChI is InChI=1S/C21H41N5O9/c1-6-12(25)14(28)16(30)21(31-6)35-20-13(26-2)15(29)18-11(32-20)5-9(24)19(34-18)33-17-8(23)3-7(22)4-10(17)27/h6-21,26-30H,3-5,22-25H2,1-2H3/t6?,7-,8?,9+,10-,11+,12-,13?,14?,15?,16?,17-,18?,19+,20?,21-/m1/s1. The van der Waals surface area contributed by atoms with Gasteiger partial charge in [0.15, 0.2) is 18.9 Å². The van der Waals surface area contributed by atoms with E-state index in [9.17, 15) is 20.4 Å².